The van der Waals surface area contributed by atoms with Gasteiger partial charge in [-0.2, -0.15) is 0 Å². The standard InChI is InChI=1S/C21H18N4/c1-14-22-18-13-17(15-7-3-2-4-8-15)24-20(18)21(23-14)25-12-11-16-9-5-6-10-19(16)25/h2-10,13,24H,11-12H2,1H3. The van der Waals surface area contributed by atoms with Crippen LogP contribution in [0.25, 0.3) is 22.3 Å². The molecular weight excluding hydrogens is 308 g/mol. The van der Waals surface area contributed by atoms with Gasteiger partial charge < -0.3 is 9.88 Å². The number of hydrogen-bond donors (Lipinski definition) is 1. The number of aryl methyl sites for hydroxylation is 1. The zero-order chi connectivity index (χ0) is 16.8. The quantitative estimate of drug-likeness (QED) is 0.584. The van der Waals surface area contributed by atoms with Crippen molar-refractivity contribution < 1.29 is 0 Å². The molecule has 2 aromatic carbocycles. The maximum Gasteiger partial charge on any atom is 0.161 e. The summed E-state index contributed by atoms with van der Waals surface area (Å²) in [4.78, 5) is 15.3. The Bertz CT molecular complexity index is 1070. The Morgan fingerprint density at radius 2 is 1.76 bits per heavy atom. The highest BCUT2D eigenvalue weighted by atomic mass is 15.2. The SMILES string of the molecule is Cc1nc(N2CCc3ccccc32)c2[nH]c(-c3ccccc3)cc2n1. The third-order valence-electron chi connectivity index (χ3n) is 4.80. The highest BCUT2D eigenvalue weighted by molar-refractivity contribution is 5.93. The topological polar surface area (TPSA) is 44.8 Å². The Morgan fingerprint density at radius 1 is 0.960 bits per heavy atom. The lowest BCUT2D eigenvalue weighted by Crippen LogP contribution is -2.16. The van der Waals surface area contributed by atoms with E-state index in [0.29, 0.717) is 0 Å². The van der Waals surface area contributed by atoms with Crippen molar-refractivity contribution >= 4 is 22.5 Å². The van der Waals surface area contributed by atoms with E-state index in [0.717, 1.165) is 46.9 Å². The fraction of sp³-hybridized carbons (Fsp3) is 0.143. The van der Waals surface area contributed by atoms with E-state index >= 15 is 0 Å². The Balaban J connectivity index is 1.70. The third kappa shape index (κ3) is 2.30. The van der Waals surface area contributed by atoms with Crippen molar-refractivity contribution in [2.75, 3.05) is 11.4 Å². The maximum absolute atomic E-state index is 4.77. The molecule has 122 valence electrons. The number of benzene rings is 2. The number of rotatable bonds is 2. The summed E-state index contributed by atoms with van der Waals surface area (Å²) in [5.74, 6) is 1.76. The summed E-state index contributed by atoms with van der Waals surface area (Å²) >= 11 is 0. The first kappa shape index (κ1) is 14.2. The van der Waals surface area contributed by atoms with Crippen molar-refractivity contribution in [3.8, 4) is 11.3 Å². The van der Waals surface area contributed by atoms with Gasteiger partial charge in [-0.15, -0.1) is 0 Å². The Morgan fingerprint density at radius 3 is 2.64 bits per heavy atom. The number of aromatic amines is 1. The summed E-state index contributed by atoms with van der Waals surface area (Å²) in [5.41, 5.74) is 6.82. The van der Waals surface area contributed by atoms with Crippen molar-refractivity contribution in [3.05, 3.63) is 72.1 Å². The maximum atomic E-state index is 4.77. The molecule has 0 amide bonds. The summed E-state index contributed by atoms with van der Waals surface area (Å²) < 4.78 is 0. The van der Waals surface area contributed by atoms with Gasteiger partial charge in [0.25, 0.3) is 0 Å². The van der Waals surface area contributed by atoms with Gasteiger partial charge in [-0.1, -0.05) is 48.5 Å². The van der Waals surface area contributed by atoms with E-state index in [4.69, 9.17) is 4.98 Å². The van der Waals surface area contributed by atoms with Crippen LogP contribution in [0.1, 0.15) is 11.4 Å². The lowest BCUT2D eigenvalue weighted by atomic mass is 10.2. The number of anilines is 2. The lowest BCUT2D eigenvalue weighted by Gasteiger charge is -2.19. The third-order valence-corrected chi connectivity index (χ3v) is 4.80. The van der Waals surface area contributed by atoms with E-state index in [2.05, 4.69) is 69.5 Å². The smallest absolute Gasteiger partial charge is 0.161 e. The van der Waals surface area contributed by atoms with Gasteiger partial charge in [0, 0.05) is 17.9 Å². The monoisotopic (exact) mass is 326 g/mol. The minimum atomic E-state index is 0.797. The molecule has 25 heavy (non-hydrogen) atoms. The molecule has 0 unspecified atom stereocenters. The number of para-hydroxylation sites is 1. The lowest BCUT2D eigenvalue weighted by molar-refractivity contribution is 0.958. The van der Waals surface area contributed by atoms with E-state index in [-0.39, 0.29) is 0 Å². The molecule has 1 N–H and O–H groups in total. The van der Waals surface area contributed by atoms with Crippen LogP contribution in [-0.2, 0) is 6.42 Å². The molecule has 3 heterocycles. The summed E-state index contributed by atoms with van der Waals surface area (Å²) in [7, 11) is 0. The molecule has 0 saturated heterocycles. The minimum Gasteiger partial charge on any atom is -0.350 e. The summed E-state index contributed by atoms with van der Waals surface area (Å²) in [6.45, 7) is 2.91. The van der Waals surface area contributed by atoms with E-state index in [1.165, 1.54) is 11.3 Å². The van der Waals surface area contributed by atoms with Crippen molar-refractivity contribution in [1.29, 1.82) is 0 Å². The van der Waals surface area contributed by atoms with Crippen LogP contribution in [0.15, 0.2) is 60.7 Å². The van der Waals surface area contributed by atoms with Crippen LogP contribution in [0.5, 0.6) is 0 Å². The Labute approximate surface area is 146 Å². The van der Waals surface area contributed by atoms with Crippen LogP contribution >= 0.6 is 0 Å². The van der Waals surface area contributed by atoms with E-state index in [1.54, 1.807) is 0 Å². The molecule has 0 radical (unpaired) electrons. The van der Waals surface area contributed by atoms with Gasteiger partial charge in [0.05, 0.1) is 5.52 Å². The van der Waals surface area contributed by atoms with Gasteiger partial charge in [0.1, 0.15) is 11.3 Å². The van der Waals surface area contributed by atoms with Crippen molar-refractivity contribution in [1.82, 2.24) is 15.0 Å². The van der Waals surface area contributed by atoms with E-state index in [9.17, 15) is 0 Å². The molecule has 2 aromatic heterocycles. The minimum absolute atomic E-state index is 0.797. The first-order chi connectivity index (χ1) is 12.3. The largest absolute Gasteiger partial charge is 0.350 e. The summed E-state index contributed by atoms with van der Waals surface area (Å²) in [6, 6.07) is 21.0. The summed E-state index contributed by atoms with van der Waals surface area (Å²) in [6.07, 6.45) is 1.05. The van der Waals surface area contributed by atoms with Gasteiger partial charge >= 0.3 is 0 Å². The molecule has 0 bridgehead atoms. The van der Waals surface area contributed by atoms with Crippen molar-refractivity contribution in [3.63, 3.8) is 0 Å². The second-order valence-corrected chi connectivity index (χ2v) is 6.43. The van der Waals surface area contributed by atoms with Crippen LogP contribution in [0, 0.1) is 6.92 Å². The van der Waals surface area contributed by atoms with Crippen LogP contribution in [0.2, 0.25) is 0 Å². The first-order valence-electron chi connectivity index (χ1n) is 8.58. The first-order valence-corrected chi connectivity index (χ1v) is 8.58. The second-order valence-electron chi connectivity index (χ2n) is 6.43. The fourth-order valence-electron chi connectivity index (χ4n) is 3.64. The predicted octanol–water partition coefficient (Wildman–Crippen LogP) is 4.63. The molecule has 1 aliphatic heterocycles. The highest BCUT2D eigenvalue weighted by Crippen LogP contribution is 2.37. The molecule has 4 aromatic rings. The summed E-state index contributed by atoms with van der Waals surface area (Å²) in [5, 5.41) is 0. The van der Waals surface area contributed by atoms with Crippen molar-refractivity contribution in [2.24, 2.45) is 0 Å². The molecule has 0 spiro atoms. The van der Waals surface area contributed by atoms with Crippen molar-refractivity contribution in [2.45, 2.75) is 13.3 Å². The molecule has 4 nitrogen and oxygen atoms in total. The van der Waals surface area contributed by atoms with Crippen LogP contribution in [-0.4, -0.2) is 21.5 Å². The predicted molar refractivity (Wildman–Crippen MR) is 101 cm³/mol. The van der Waals surface area contributed by atoms with Gasteiger partial charge in [0.2, 0.25) is 0 Å². The Kier molecular flexibility index (Phi) is 3.10. The van der Waals surface area contributed by atoms with E-state index < -0.39 is 0 Å². The number of fused-ring (bicyclic) bond motifs is 2. The van der Waals surface area contributed by atoms with Gasteiger partial charge in [0.15, 0.2) is 5.82 Å². The normalized spacial score (nSPS) is 13.4. The molecule has 0 saturated carbocycles. The zero-order valence-corrected chi connectivity index (χ0v) is 14.0. The van der Waals surface area contributed by atoms with Gasteiger partial charge in [-0.3, -0.25) is 0 Å². The fourth-order valence-corrected chi connectivity index (χ4v) is 3.64. The average Bonchev–Trinajstić information content (AvgIpc) is 3.26. The second kappa shape index (κ2) is 5.45. The Hall–Kier alpha value is -3.14. The van der Waals surface area contributed by atoms with Crippen LogP contribution in [0.3, 0.4) is 0 Å². The molecule has 0 atom stereocenters. The van der Waals surface area contributed by atoms with Gasteiger partial charge in [-0.25, -0.2) is 9.97 Å². The highest BCUT2D eigenvalue weighted by Gasteiger charge is 2.24. The molecule has 0 fully saturated rings. The number of nitrogens with one attached hydrogen (secondary N) is 1. The number of aromatic nitrogens is 3. The number of hydrogen-bond acceptors (Lipinski definition) is 3. The number of H-pyrrole nitrogens is 1. The average molecular weight is 326 g/mol. The molecule has 1 aliphatic rings. The number of nitrogens with zero attached hydrogens (tertiary/aromatic N) is 3. The van der Waals surface area contributed by atoms with Gasteiger partial charge in [-0.05, 0) is 36.6 Å². The molecule has 0 aliphatic carbocycles. The molecule has 4 heteroatoms. The molecular formula is C21H18N4. The zero-order valence-electron chi connectivity index (χ0n) is 14.0. The molecule has 5 rings (SSSR count). The van der Waals surface area contributed by atoms with Crippen LogP contribution in [0.4, 0.5) is 11.5 Å². The van der Waals surface area contributed by atoms with Crippen LogP contribution < -0.4 is 4.90 Å². The van der Waals surface area contributed by atoms with E-state index in [1.807, 2.05) is 13.0 Å².